The van der Waals surface area contributed by atoms with Crippen LogP contribution in [0.4, 0.5) is 0 Å². The zero-order chi connectivity index (χ0) is 37.3. The zero-order valence-corrected chi connectivity index (χ0v) is 30.5. The highest BCUT2D eigenvalue weighted by Crippen LogP contribution is 2.61. The number of aliphatic hydroxyl groups is 2. The van der Waals surface area contributed by atoms with E-state index in [-0.39, 0.29) is 41.6 Å². The van der Waals surface area contributed by atoms with E-state index in [4.69, 9.17) is 9.57 Å². The molecule has 3 saturated carbocycles. The minimum atomic E-state index is -1.18. The Balaban J connectivity index is 1.26. The lowest BCUT2D eigenvalue weighted by Crippen LogP contribution is -2.62. The molecule has 2 bridgehead atoms. The Morgan fingerprint density at radius 1 is 1.04 bits per heavy atom. The van der Waals surface area contributed by atoms with Gasteiger partial charge in [0, 0.05) is 35.2 Å². The lowest BCUT2D eigenvalue weighted by atomic mass is 9.45. The number of nitrogens with zero attached hydrogens (tertiary/aromatic N) is 1. The van der Waals surface area contributed by atoms with Crippen molar-refractivity contribution in [2.24, 2.45) is 29.1 Å². The van der Waals surface area contributed by atoms with Crippen molar-refractivity contribution >= 4 is 17.8 Å². The van der Waals surface area contributed by atoms with Crippen molar-refractivity contribution in [2.45, 2.75) is 77.8 Å². The summed E-state index contributed by atoms with van der Waals surface area (Å²) in [6.45, 7) is 8.48. The fourth-order valence-electron chi connectivity index (χ4n) is 8.93. The molecule has 11 heteroatoms. The van der Waals surface area contributed by atoms with Gasteiger partial charge < -0.3 is 30.7 Å². The van der Waals surface area contributed by atoms with E-state index in [0.717, 1.165) is 12.0 Å². The van der Waals surface area contributed by atoms with Gasteiger partial charge in [-0.15, -0.1) is 0 Å². The summed E-state index contributed by atoms with van der Waals surface area (Å²) in [7, 11) is 1.50. The number of amides is 2. The van der Waals surface area contributed by atoms with Gasteiger partial charge in [0.05, 0.1) is 31.9 Å². The van der Waals surface area contributed by atoms with Crippen molar-refractivity contribution in [3.63, 3.8) is 0 Å². The fraction of sp³-hybridized carbons (Fsp3) is 0.488. The maximum absolute atomic E-state index is 14.2. The number of fused-ring (bicyclic) bond motifs is 2. The SMILES string of the molecule is COc1c(CN2O[C@@H](CO)[C@H]([C@H](C)O)[C@H]2C(=O)N[C@H]2C[C@H]3C[C@@H]([C@@H]2C)C3(C)C)cccc1-c1cc(C(=O)O)cc(C(=O)NCCc2ccccc2)c1. The molecule has 4 fully saturated rings. The second kappa shape index (κ2) is 15.4. The molecule has 1 heterocycles. The third-order valence-electron chi connectivity index (χ3n) is 12.0. The Morgan fingerprint density at radius 3 is 2.40 bits per heavy atom. The maximum Gasteiger partial charge on any atom is 0.335 e. The molecule has 0 spiro atoms. The molecular weight excluding hydrogens is 662 g/mol. The molecule has 4 aliphatic rings. The topological polar surface area (TPSA) is 158 Å². The molecule has 5 N–H and O–H groups in total. The van der Waals surface area contributed by atoms with E-state index in [1.165, 1.54) is 30.7 Å². The molecule has 1 saturated heterocycles. The van der Waals surface area contributed by atoms with Gasteiger partial charge in [-0.05, 0) is 78.7 Å². The highest BCUT2D eigenvalue weighted by molar-refractivity contribution is 5.99. The summed E-state index contributed by atoms with van der Waals surface area (Å²) in [6.07, 6.45) is 0.936. The van der Waals surface area contributed by atoms with Gasteiger partial charge in [-0.3, -0.25) is 14.4 Å². The number of methoxy groups -OCH3 is 1. The molecular formula is C41H51N3O8. The van der Waals surface area contributed by atoms with Gasteiger partial charge in [-0.2, -0.15) is 5.06 Å². The summed E-state index contributed by atoms with van der Waals surface area (Å²) in [6, 6.07) is 18.7. The van der Waals surface area contributed by atoms with Crippen LogP contribution in [0.1, 0.15) is 72.4 Å². The number of carbonyl (C=O) groups is 3. The average molecular weight is 714 g/mol. The molecule has 2 amide bonds. The molecule has 52 heavy (non-hydrogen) atoms. The number of aromatic carboxylic acids is 1. The normalized spacial score (nSPS) is 26.9. The number of rotatable bonds is 13. The number of hydrogen-bond acceptors (Lipinski definition) is 8. The molecule has 3 aliphatic carbocycles. The van der Waals surface area contributed by atoms with Crippen molar-refractivity contribution in [1.29, 1.82) is 0 Å². The number of hydrogen-bond donors (Lipinski definition) is 5. The second-order valence-corrected chi connectivity index (χ2v) is 15.3. The van der Waals surface area contributed by atoms with Crippen molar-refractivity contribution in [3.8, 4) is 16.9 Å². The lowest BCUT2D eigenvalue weighted by Gasteiger charge is -2.62. The summed E-state index contributed by atoms with van der Waals surface area (Å²) >= 11 is 0. The van der Waals surface area contributed by atoms with E-state index in [1.54, 1.807) is 25.1 Å². The van der Waals surface area contributed by atoms with E-state index in [0.29, 0.717) is 53.2 Å². The van der Waals surface area contributed by atoms with Crippen LogP contribution in [0.2, 0.25) is 0 Å². The third kappa shape index (κ3) is 7.32. The predicted octanol–water partition coefficient (Wildman–Crippen LogP) is 4.69. The van der Waals surface area contributed by atoms with E-state index in [1.807, 2.05) is 36.4 Å². The van der Waals surface area contributed by atoms with E-state index in [2.05, 4.69) is 31.4 Å². The van der Waals surface area contributed by atoms with Crippen molar-refractivity contribution in [2.75, 3.05) is 20.3 Å². The van der Waals surface area contributed by atoms with Gasteiger partial charge in [-0.25, -0.2) is 4.79 Å². The molecule has 7 rings (SSSR count). The Morgan fingerprint density at radius 2 is 1.77 bits per heavy atom. The van der Waals surface area contributed by atoms with Gasteiger partial charge >= 0.3 is 5.97 Å². The summed E-state index contributed by atoms with van der Waals surface area (Å²) < 4.78 is 5.92. The van der Waals surface area contributed by atoms with Crippen LogP contribution in [0.25, 0.3) is 11.1 Å². The summed E-state index contributed by atoms with van der Waals surface area (Å²) in [4.78, 5) is 45.8. The molecule has 0 aromatic heterocycles. The first kappa shape index (κ1) is 37.5. The first-order chi connectivity index (χ1) is 24.8. The van der Waals surface area contributed by atoms with Gasteiger partial charge in [0.1, 0.15) is 17.9 Å². The van der Waals surface area contributed by atoms with Gasteiger partial charge in [0.25, 0.3) is 5.91 Å². The third-order valence-corrected chi connectivity index (χ3v) is 12.0. The molecule has 3 aromatic rings. The average Bonchev–Trinajstić information content (AvgIpc) is 3.51. The number of nitrogens with one attached hydrogen (secondary N) is 2. The number of aliphatic hydroxyl groups excluding tert-OH is 2. The number of benzene rings is 3. The molecule has 1 aliphatic heterocycles. The zero-order valence-electron chi connectivity index (χ0n) is 30.5. The van der Waals surface area contributed by atoms with Crippen LogP contribution in [0.15, 0.2) is 66.7 Å². The predicted molar refractivity (Wildman–Crippen MR) is 195 cm³/mol. The van der Waals surface area contributed by atoms with Gasteiger partial charge in [0.15, 0.2) is 0 Å². The Hall–Kier alpha value is -4.29. The molecule has 0 unspecified atom stereocenters. The van der Waals surface area contributed by atoms with Gasteiger partial charge in [0.2, 0.25) is 5.91 Å². The first-order valence-corrected chi connectivity index (χ1v) is 18.2. The molecule has 3 aromatic carbocycles. The molecule has 278 valence electrons. The van der Waals surface area contributed by atoms with Crippen molar-refractivity contribution < 1.29 is 39.3 Å². The summed E-state index contributed by atoms with van der Waals surface area (Å²) in [5, 5.41) is 38.8. The van der Waals surface area contributed by atoms with E-state index in [9.17, 15) is 29.7 Å². The van der Waals surface area contributed by atoms with Crippen LogP contribution in [-0.4, -0.2) is 82.7 Å². The highest BCUT2D eigenvalue weighted by atomic mass is 16.7. The number of hydroxylamine groups is 2. The van der Waals surface area contributed by atoms with Crippen LogP contribution in [0.5, 0.6) is 5.75 Å². The number of carboxylic acid groups (broad SMARTS) is 1. The van der Waals surface area contributed by atoms with Crippen molar-refractivity contribution in [1.82, 2.24) is 15.7 Å². The smallest absolute Gasteiger partial charge is 0.335 e. The Labute approximate surface area is 305 Å². The Kier molecular flexibility index (Phi) is 11.1. The molecule has 11 nitrogen and oxygen atoms in total. The van der Waals surface area contributed by atoms with Gasteiger partial charge in [-0.1, -0.05) is 69.3 Å². The van der Waals surface area contributed by atoms with Crippen LogP contribution < -0.4 is 15.4 Å². The number of para-hydroxylation sites is 1. The van der Waals surface area contributed by atoms with Crippen LogP contribution >= 0.6 is 0 Å². The Bertz CT molecular complexity index is 1780. The minimum Gasteiger partial charge on any atom is -0.496 e. The highest BCUT2D eigenvalue weighted by Gasteiger charge is 2.57. The number of ether oxygens (including phenoxy) is 1. The maximum atomic E-state index is 14.2. The number of carbonyl (C=O) groups excluding carboxylic acids is 2. The standard InChI is InChI=1S/C41H51N3O8/c1-23-32-19-30(41(32,3)4)20-33(23)43-39(48)36-35(24(2)46)34(22-45)52-44(36)21-26-12-9-13-31(37(26)51-5)27-16-28(18-29(17-27)40(49)50)38(47)42-15-14-25-10-7-6-8-11-25/h6-13,16-18,23-24,30,32-36,45-46H,14-15,19-22H2,1-5H3,(H,42,47)(H,43,48)(H,49,50)/t23-,24-,30+,32-,33-,34-,35-,36-/m0/s1. The quantitative estimate of drug-likeness (QED) is 0.170. The van der Waals surface area contributed by atoms with Crippen molar-refractivity contribution in [3.05, 3.63) is 89.0 Å². The fourth-order valence-corrected chi connectivity index (χ4v) is 8.93. The molecule has 8 atom stereocenters. The monoisotopic (exact) mass is 713 g/mol. The van der Waals surface area contributed by atoms with Crippen LogP contribution in [0.3, 0.4) is 0 Å². The lowest BCUT2D eigenvalue weighted by molar-refractivity contribution is -0.183. The van der Waals surface area contributed by atoms with E-state index >= 15 is 0 Å². The summed E-state index contributed by atoms with van der Waals surface area (Å²) in [5.41, 5.74) is 3.10. The summed E-state index contributed by atoms with van der Waals surface area (Å²) in [5.74, 6) is -0.758. The molecule has 0 radical (unpaired) electrons. The number of carboxylic acids is 1. The van der Waals surface area contributed by atoms with E-state index < -0.39 is 36.0 Å². The second-order valence-electron chi connectivity index (χ2n) is 15.3. The van der Waals surface area contributed by atoms with Crippen LogP contribution in [-0.2, 0) is 22.6 Å². The largest absolute Gasteiger partial charge is 0.496 e. The first-order valence-electron chi connectivity index (χ1n) is 18.2. The minimum absolute atomic E-state index is 0.00180. The van der Waals surface area contributed by atoms with Crippen LogP contribution in [0, 0.1) is 29.1 Å².